The van der Waals surface area contributed by atoms with Crippen molar-refractivity contribution < 1.29 is 0 Å². The van der Waals surface area contributed by atoms with Gasteiger partial charge in [-0.2, -0.15) is 0 Å². The second-order valence-corrected chi connectivity index (χ2v) is 5.64. The van der Waals surface area contributed by atoms with Gasteiger partial charge in [0.15, 0.2) is 0 Å². The summed E-state index contributed by atoms with van der Waals surface area (Å²) in [5, 5.41) is 0. The second kappa shape index (κ2) is 4.79. The molecule has 1 aliphatic rings. The zero-order valence-corrected chi connectivity index (χ0v) is 11.2. The molecule has 1 aromatic rings. The van der Waals surface area contributed by atoms with Gasteiger partial charge < -0.3 is 5.73 Å². The molecule has 0 amide bonds. The summed E-state index contributed by atoms with van der Waals surface area (Å²) in [6.07, 6.45) is 2.22. The van der Waals surface area contributed by atoms with Gasteiger partial charge in [0, 0.05) is 24.7 Å². The third-order valence-corrected chi connectivity index (χ3v) is 4.24. The van der Waals surface area contributed by atoms with E-state index in [1.807, 2.05) is 0 Å². The summed E-state index contributed by atoms with van der Waals surface area (Å²) in [6.45, 7) is 8.84. The smallest absolute Gasteiger partial charge is 0.0308 e. The quantitative estimate of drug-likeness (QED) is 0.868. The Bertz CT molecular complexity index is 367. The number of aryl methyl sites for hydroxylation is 1. The van der Waals surface area contributed by atoms with Gasteiger partial charge in [-0.05, 0) is 37.8 Å². The van der Waals surface area contributed by atoms with Crippen LogP contribution in [-0.2, 0) is 13.0 Å². The molecule has 0 aliphatic carbocycles. The molecule has 94 valence electrons. The standard InChI is InChI=1S/C15H24N2/c1-4-12-5-7-13(8-6-12)11-17-10-9-14(16)15(17,2)3/h5-8,14H,4,9-11,16H2,1-3H3. The maximum absolute atomic E-state index is 6.16. The van der Waals surface area contributed by atoms with Crippen LogP contribution < -0.4 is 5.73 Å². The molecule has 1 aromatic carbocycles. The number of nitrogens with two attached hydrogens (primary N) is 1. The summed E-state index contributed by atoms with van der Waals surface area (Å²) in [4.78, 5) is 2.50. The minimum Gasteiger partial charge on any atom is -0.326 e. The van der Waals surface area contributed by atoms with Gasteiger partial charge in [0.2, 0.25) is 0 Å². The van der Waals surface area contributed by atoms with E-state index in [4.69, 9.17) is 5.73 Å². The van der Waals surface area contributed by atoms with E-state index < -0.39 is 0 Å². The second-order valence-electron chi connectivity index (χ2n) is 5.64. The Morgan fingerprint density at radius 1 is 1.24 bits per heavy atom. The lowest BCUT2D eigenvalue weighted by molar-refractivity contribution is 0.154. The highest BCUT2D eigenvalue weighted by Crippen LogP contribution is 2.29. The minimum absolute atomic E-state index is 0.128. The van der Waals surface area contributed by atoms with Crippen molar-refractivity contribution in [2.45, 2.75) is 51.7 Å². The Morgan fingerprint density at radius 3 is 2.29 bits per heavy atom. The van der Waals surface area contributed by atoms with Crippen LogP contribution in [0.3, 0.4) is 0 Å². The van der Waals surface area contributed by atoms with Gasteiger partial charge in [-0.1, -0.05) is 31.2 Å². The van der Waals surface area contributed by atoms with Crippen LogP contribution >= 0.6 is 0 Å². The average molecular weight is 232 g/mol. The summed E-state index contributed by atoms with van der Waals surface area (Å²) in [5.74, 6) is 0. The molecule has 1 atom stereocenters. The summed E-state index contributed by atoms with van der Waals surface area (Å²) in [7, 11) is 0. The largest absolute Gasteiger partial charge is 0.326 e. The Labute approximate surface area is 105 Å². The van der Waals surface area contributed by atoms with Crippen LogP contribution in [0.1, 0.15) is 38.3 Å². The van der Waals surface area contributed by atoms with Crippen LogP contribution in [0.25, 0.3) is 0 Å². The van der Waals surface area contributed by atoms with Crippen molar-refractivity contribution >= 4 is 0 Å². The van der Waals surface area contributed by atoms with Gasteiger partial charge >= 0.3 is 0 Å². The van der Waals surface area contributed by atoms with E-state index in [0.29, 0.717) is 6.04 Å². The highest BCUT2D eigenvalue weighted by molar-refractivity contribution is 5.23. The predicted molar refractivity (Wildman–Crippen MR) is 72.9 cm³/mol. The minimum atomic E-state index is 0.128. The highest BCUT2D eigenvalue weighted by Gasteiger charge is 2.38. The number of likely N-dealkylation sites (tertiary alicyclic amines) is 1. The van der Waals surface area contributed by atoms with Gasteiger partial charge in [0.05, 0.1) is 0 Å². The molecule has 0 spiro atoms. The van der Waals surface area contributed by atoms with Crippen LogP contribution in [0.15, 0.2) is 24.3 Å². The summed E-state index contributed by atoms with van der Waals surface area (Å²) < 4.78 is 0. The first-order valence-corrected chi connectivity index (χ1v) is 6.62. The molecule has 0 bridgehead atoms. The zero-order valence-electron chi connectivity index (χ0n) is 11.2. The average Bonchev–Trinajstić information content (AvgIpc) is 2.57. The third-order valence-electron chi connectivity index (χ3n) is 4.24. The number of rotatable bonds is 3. The zero-order chi connectivity index (χ0) is 12.5. The van der Waals surface area contributed by atoms with Crippen molar-refractivity contribution in [2.24, 2.45) is 5.73 Å². The lowest BCUT2D eigenvalue weighted by atomic mass is 9.96. The molecule has 2 N–H and O–H groups in total. The van der Waals surface area contributed by atoms with Crippen molar-refractivity contribution in [1.29, 1.82) is 0 Å². The van der Waals surface area contributed by atoms with Crippen LogP contribution in [0, 0.1) is 0 Å². The summed E-state index contributed by atoms with van der Waals surface area (Å²) in [6, 6.07) is 9.27. The first-order chi connectivity index (χ1) is 8.04. The van der Waals surface area contributed by atoms with E-state index in [1.54, 1.807) is 0 Å². The van der Waals surface area contributed by atoms with E-state index in [-0.39, 0.29) is 5.54 Å². The molecule has 2 rings (SSSR count). The molecule has 1 saturated heterocycles. The van der Waals surface area contributed by atoms with E-state index in [9.17, 15) is 0 Å². The Kier molecular flexibility index (Phi) is 3.55. The molecule has 1 unspecified atom stereocenters. The van der Waals surface area contributed by atoms with Gasteiger partial charge in [-0.3, -0.25) is 4.90 Å². The lowest BCUT2D eigenvalue weighted by Gasteiger charge is -2.34. The fourth-order valence-electron chi connectivity index (χ4n) is 2.55. The lowest BCUT2D eigenvalue weighted by Crippen LogP contribution is -2.48. The van der Waals surface area contributed by atoms with Crippen molar-refractivity contribution in [1.82, 2.24) is 4.90 Å². The predicted octanol–water partition coefficient (Wildman–Crippen LogP) is 2.56. The molecule has 0 saturated carbocycles. The highest BCUT2D eigenvalue weighted by atomic mass is 15.2. The first-order valence-electron chi connectivity index (χ1n) is 6.62. The fraction of sp³-hybridized carbons (Fsp3) is 0.600. The molecular formula is C15H24N2. The van der Waals surface area contributed by atoms with E-state index >= 15 is 0 Å². The normalized spacial score (nSPS) is 24.1. The van der Waals surface area contributed by atoms with E-state index in [0.717, 1.165) is 25.9 Å². The number of hydrogen-bond donors (Lipinski definition) is 1. The van der Waals surface area contributed by atoms with Crippen LogP contribution in [0.5, 0.6) is 0 Å². The summed E-state index contributed by atoms with van der Waals surface area (Å²) in [5.41, 5.74) is 9.09. The number of nitrogens with zero attached hydrogens (tertiary/aromatic N) is 1. The van der Waals surface area contributed by atoms with Crippen LogP contribution in [-0.4, -0.2) is 23.0 Å². The van der Waals surface area contributed by atoms with Crippen molar-refractivity contribution in [2.75, 3.05) is 6.54 Å². The Balaban J connectivity index is 2.05. The molecule has 1 fully saturated rings. The van der Waals surface area contributed by atoms with Gasteiger partial charge in [-0.15, -0.1) is 0 Å². The van der Waals surface area contributed by atoms with Gasteiger partial charge in [0.25, 0.3) is 0 Å². The van der Waals surface area contributed by atoms with Crippen LogP contribution in [0.4, 0.5) is 0 Å². The third kappa shape index (κ3) is 2.53. The Hall–Kier alpha value is -0.860. The van der Waals surface area contributed by atoms with Crippen molar-refractivity contribution in [3.05, 3.63) is 35.4 Å². The topological polar surface area (TPSA) is 29.3 Å². The summed E-state index contributed by atoms with van der Waals surface area (Å²) >= 11 is 0. The maximum atomic E-state index is 6.16. The first kappa shape index (κ1) is 12.6. The van der Waals surface area contributed by atoms with Crippen molar-refractivity contribution in [3.63, 3.8) is 0 Å². The molecule has 1 heterocycles. The molecule has 1 aliphatic heterocycles. The van der Waals surface area contributed by atoms with Gasteiger partial charge in [0.1, 0.15) is 0 Å². The molecular weight excluding hydrogens is 208 g/mol. The van der Waals surface area contributed by atoms with Gasteiger partial charge in [-0.25, -0.2) is 0 Å². The molecule has 2 heteroatoms. The van der Waals surface area contributed by atoms with E-state index in [1.165, 1.54) is 11.1 Å². The van der Waals surface area contributed by atoms with E-state index in [2.05, 4.69) is 49.9 Å². The fourth-order valence-corrected chi connectivity index (χ4v) is 2.55. The maximum Gasteiger partial charge on any atom is 0.0308 e. The molecule has 0 aromatic heterocycles. The van der Waals surface area contributed by atoms with Crippen molar-refractivity contribution in [3.8, 4) is 0 Å². The monoisotopic (exact) mass is 232 g/mol. The number of benzene rings is 1. The Morgan fingerprint density at radius 2 is 1.82 bits per heavy atom. The molecule has 2 nitrogen and oxygen atoms in total. The SMILES string of the molecule is CCc1ccc(CN2CCC(N)C2(C)C)cc1. The molecule has 17 heavy (non-hydrogen) atoms. The number of hydrogen-bond acceptors (Lipinski definition) is 2. The molecule has 0 radical (unpaired) electrons. The van der Waals surface area contributed by atoms with Crippen LogP contribution in [0.2, 0.25) is 0 Å².